The Balaban J connectivity index is 2.57. The molecule has 0 amide bonds. The van der Waals surface area contributed by atoms with Gasteiger partial charge in [-0.3, -0.25) is 9.59 Å². The van der Waals surface area contributed by atoms with Gasteiger partial charge in [-0.2, -0.15) is 0 Å². The van der Waals surface area contributed by atoms with Gasteiger partial charge in [-0.25, -0.2) is 19.4 Å². The molecule has 74 valence electrons. The summed E-state index contributed by atoms with van der Waals surface area (Å²) < 4.78 is 0. The van der Waals surface area contributed by atoms with Crippen LogP contribution in [-0.4, -0.2) is 23.5 Å². The summed E-state index contributed by atoms with van der Waals surface area (Å²) in [5, 5.41) is 0. The van der Waals surface area contributed by atoms with E-state index in [4.69, 9.17) is 0 Å². The molecule has 0 N–H and O–H groups in total. The number of hydrogen-bond acceptors (Lipinski definition) is 6. The van der Waals surface area contributed by atoms with E-state index >= 15 is 0 Å². The van der Waals surface area contributed by atoms with Gasteiger partial charge in [0.1, 0.15) is 0 Å². The van der Waals surface area contributed by atoms with Crippen LogP contribution >= 0.6 is 0 Å². The van der Waals surface area contributed by atoms with Gasteiger partial charge >= 0.3 is 11.9 Å². The molecule has 0 aromatic heterocycles. The van der Waals surface area contributed by atoms with Crippen LogP contribution < -0.4 is 0 Å². The van der Waals surface area contributed by atoms with E-state index in [-0.39, 0.29) is 0 Å². The molecule has 6 heteroatoms. The van der Waals surface area contributed by atoms with Crippen molar-refractivity contribution in [1.82, 2.24) is 0 Å². The average Bonchev–Trinajstić information content (AvgIpc) is 2.42. The highest BCUT2D eigenvalue weighted by molar-refractivity contribution is 6.28. The summed E-state index contributed by atoms with van der Waals surface area (Å²) in [6, 6.07) is 0. The molecular formula is C8H6O6. The summed E-state index contributed by atoms with van der Waals surface area (Å²) in [7, 11) is 0. The predicted molar refractivity (Wildman–Crippen MR) is 40.5 cm³/mol. The molecule has 0 bridgehead atoms. The maximum Gasteiger partial charge on any atom is 0.374 e. The van der Waals surface area contributed by atoms with Crippen LogP contribution in [0.2, 0.25) is 0 Å². The Labute approximate surface area is 78.4 Å². The second-order valence-corrected chi connectivity index (χ2v) is 2.55. The molecule has 1 aliphatic carbocycles. The zero-order chi connectivity index (χ0) is 10.7. The maximum absolute atomic E-state index is 11.0. The van der Waals surface area contributed by atoms with Crippen molar-refractivity contribution in [3.8, 4) is 0 Å². The summed E-state index contributed by atoms with van der Waals surface area (Å²) in [5.41, 5.74) is 0. The Hall–Kier alpha value is -1.98. The highest BCUT2D eigenvalue weighted by Crippen LogP contribution is 2.12. The van der Waals surface area contributed by atoms with Crippen LogP contribution in [0.15, 0.2) is 12.2 Å². The molecule has 1 aliphatic rings. The number of rotatable bonds is 1. The molecule has 0 spiro atoms. The van der Waals surface area contributed by atoms with Crippen molar-refractivity contribution in [2.24, 2.45) is 5.92 Å². The highest BCUT2D eigenvalue weighted by atomic mass is 17.2. The summed E-state index contributed by atoms with van der Waals surface area (Å²) >= 11 is 0. The van der Waals surface area contributed by atoms with Crippen LogP contribution in [0.3, 0.4) is 0 Å². The third-order valence-electron chi connectivity index (χ3n) is 1.46. The molecule has 0 aliphatic heterocycles. The van der Waals surface area contributed by atoms with Gasteiger partial charge in [0.25, 0.3) is 0 Å². The van der Waals surface area contributed by atoms with Gasteiger partial charge in [-0.15, -0.1) is 0 Å². The standard InChI is InChI=1S/C8H6O6/c1-4(9)13-14-8(12)7-5(10)2-3-6(7)11/h2-3,7H,1H3. The van der Waals surface area contributed by atoms with Gasteiger partial charge in [0, 0.05) is 6.92 Å². The van der Waals surface area contributed by atoms with Crippen LogP contribution in [0.4, 0.5) is 0 Å². The largest absolute Gasteiger partial charge is 0.374 e. The number of ketones is 2. The third kappa shape index (κ3) is 2.03. The van der Waals surface area contributed by atoms with Crippen molar-refractivity contribution < 1.29 is 29.0 Å². The molecule has 0 saturated carbocycles. The minimum Gasteiger partial charge on any atom is -0.293 e. The van der Waals surface area contributed by atoms with Crippen LogP contribution in [0.5, 0.6) is 0 Å². The van der Waals surface area contributed by atoms with E-state index in [1.807, 2.05) is 0 Å². The first-order valence-corrected chi connectivity index (χ1v) is 3.67. The minimum absolute atomic E-state index is 0.674. The second kappa shape index (κ2) is 3.82. The first kappa shape index (κ1) is 10.1. The molecule has 0 fully saturated rings. The van der Waals surface area contributed by atoms with Crippen LogP contribution in [0.25, 0.3) is 0 Å². The van der Waals surface area contributed by atoms with E-state index in [1.54, 1.807) is 0 Å². The molecule has 0 unspecified atom stereocenters. The third-order valence-corrected chi connectivity index (χ3v) is 1.46. The Morgan fingerprint density at radius 1 is 1.14 bits per heavy atom. The molecule has 0 aromatic carbocycles. The van der Waals surface area contributed by atoms with Crippen LogP contribution in [0.1, 0.15) is 6.92 Å². The van der Waals surface area contributed by atoms with Crippen molar-refractivity contribution in [1.29, 1.82) is 0 Å². The number of allylic oxidation sites excluding steroid dienone is 2. The maximum atomic E-state index is 11.0. The summed E-state index contributed by atoms with van der Waals surface area (Å²) in [4.78, 5) is 50.9. The van der Waals surface area contributed by atoms with Crippen molar-refractivity contribution in [2.45, 2.75) is 6.92 Å². The smallest absolute Gasteiger partial charge is 0.293 e. The lowest BCUT2D eigenvalue weighted by atomic mass is 10.1. The van der Waals surface area contributed by atoms with Crippen molar-refractivity contribution in [2.75, 3.05) is 0 Å². The van der Waals surface area contributed by atoms with E-state index in [0.29, 0.717) is 0 Å². The Morgan fingerprint density at radius 3 is 2.07 bits per heavy atom. The summed E-state index contributed by atoms with van der Waals surface area (Å²) in [5.74, 6) is -4.89. The monoisotopic (exact) mass is 198 g/mol. The van der Waals surface area contributed by atoms with Gasteiger partial charge in [0.05, 0.1) is 0 Å². The quantitative estimate of drug-likeness (QED) is 0.315. The van der Waals surface area contributed by atoms with Gasteiger partial charge in [-0.05, 0) is 12.2 Å². The van der Waals surface area contributed by atoms with Crippen molar-refractivity contribution in [3.05, 3.63) is 12.2 Å². The first-order valence-electron chi connectivity index (χ1n) is 3.67. The number of carbonyl (C=O) groups excluding carboxylic acids is 4. The Morgan fingerprint density at radius 2 is 1.64 bits per heavy atom. The average molecular weight is 198 g/mol. The lowest BCUT2D eigenvalue weighted by Crippen LogP contribution is -2.28. The van der Waals surface area contributed by atoms with E-state index in [9.17, 15) is 19.2 Å². The molecule has 0 atom stereocenters. The Bertz CT molecular complexity index is 322. The number of carbonyl (C=O) groups is 4. The van der Waals surface area contributed by atoms with Crippen LogP contribution in [0, 0.1) is 5.92 Å². The second-order valence-electron chi connectivity index (χ2n) is 2.55. The summed E-state index contributed by atoms with van der Waals surface area (Å²) in [6.07, 6.45) is 1.95. The van der Waals surface area contributed by atoms with E-state index in [1.165, 1.54) is 0 Å². The van der Waals surface area contributed by atoms with E-state index < -0.39 is 29.4 Å². The fourth-order valence-corrected chi connectivity index (χ4v) is 0.877. The molecule has 6 nitrogen and oxygen atoms in total. The van der Waals surface area contributed by atoms with Crippen molar-refractivity contribution in [3.63, 3.8) is 0 Å². The predicted octanol–water partition coefficient (Wildman–Crippen LogP) is -0.668. The lowest BCUT2D eigenvalue weighted by molar-refractivity contribution is -0.259. The minimum atomic E-state index is -1.52. The van der Waals surface area contributed by atoms with Gasteiger partial charge in [0.2, 0.25) is 0 Å². The fraction of sp³-hybridized carbons (Fsp3) is 0.250. The molecule has 0 saturated heterocycles. The molecule has 0 heterocycles. The normalized spacial score (nSPS) is 15.8. The van der Waals surface area contributed by atoms with E-state index in [0.717, 1.165) is 19.1 Å². The van der Waals surface area contributed by atoms with Crippen LogP contribution in [-0.2, 0) is 29.0 Å². The highest BCUT2D eigenvalue weighted by Gasteiger charge is 2.37. The first-order chi connectivity index (χ1) is 6.52. The topological polar surface area (TPSA) is 86.7 Å². The number of hydrogen-bond donors (Lipinski definition) is 0. The molecule has 0 radical (unpaired) electrons. The Kier molecular flexibility index (Phi) is 2.76. The molecule has 14 heavy (non-hydrogen) atoms. The van der Waals surface area contributed by atoms with Gasteiger partial charge < -0.3 is 0 Å². The molecular weight excluding hydrogens is 192 g/mol. The van der Waals surface area contributed by atoms with Gasteiger partial charge in [-0.1, -0.05) is 0 Å². The van der Waals surface area contributed by atoms with E-state index in [2.05, 4.69) is 9.78 Å². The van der Waals surface area contributed by atoms with Gasteiger partial charge in [0.15, 0.2) is 17.5 Å². The summed E-state index contributed by atoms with van der Waals surface area (Å²) in [6.45, 7) is 1.02. The molecule has 1 rings (SSSR count). The lowest BCUT2D eigenvalue weighted by Gasteiger charge is -2.03. The fourth-order valence-electron chi connectivity index (χ4n) is 0.877. The molecule has 0 aromatic rings. The SMILES string of the molecule is CC(=O)OOC(=O)C1C(=O)C=CC1=O. The zero-order valence-corrected chi connectivity index (χ0v) is 7.18. The zero-order valence-electron chi connectivity index (χ0n) is 7.18. The van der Waals surface area contributed by atoms with Crippen molar-refractivity contribution >= 4 is 23.5 Å².